The average Bonchev–Trinajstić information content (AvgIpc) is 3.27. The lowest BCUT2D eigenvalue weighted by molar-refractivity contribution is 0.408. The Morgan fingerprint density at radius 2 is 1.64 bits per heavy atom. The molecular weight excluding hydrogens is 452 g/mol. The van der Waals surface area contributed by atoms with Gasteiger partial charge in [0, 0.05) is 19.7 Å². The number of aromatic nitrogens is 3. The third kappa shape index (κ3) is 2.99. The van der Waals surface area contributed by atoms with Crippen molar-refractivity contribution in [1.82, 2.24) is 13.7 Å². The van der Waals surface area contributed by atoms with Gasteiger partial charge in [-0.05, 0) is 36.8 Å². The molecule has 3 aromatic carbocycles. The first-order valence-electron chi connectivity index (χ1n) is 11.8. The zero-order chi connectivity index (χ0) is 25.1. The first-order valence-corrected chi connectivity index (χ1v) is 11.8. The van der Waals surface area contributed by atoms with Crippen LogP contribution in [0.2, 0.25) is 0 Å². The lowest BCUT2D eigenvalue weighted by Gasteiger charge is -2.31. The minimum Gasteiger partial charge on any atom is -0.496 e. The SMILES string of the molecule is COc1ccccc1[C@H]1Nc2ccccc2-n2c(-c3cccc(C)c3)c3c(=O)n(C)c(=O)n(C)c3c21. The second-order valence-corrected chi connectivity index (χ2v) is 9.20. The molecule has 6 rings (SSSR count). The van der Waals surface area contributed by atoms with E-state index in [0.29, 0.717) is 10.9 Å². The predicted octanol–water partition coefficient (Wildman–Crippen LogP) is 4.53. The van der Waals surface area contributed by atoms with E-state index in [9.17, 15) is 9.59 Å². The fourth-order valence-electron chi connectivity index (χ4n) is 5.42. The Kier molecular flexibility index (Phi) is 4.89. The summed E-state index contributed by atoms with van der Waals surface area (Å²) in [5, 5.41) is 4.18. The van der Waals surface area contributed by atoms with Gasteiger partial charge in [0.05, 0.1) is 46.8 Å². The quantitative estimate of drug-likeness (QED) is 0.414. The lowest BCUT2D eigenvalue weighted by atomic mass is 9.98. The van der Waals surface area contributed by atoms with Gasteiger partial charge < -0.3 is 14.6 Å². The molecule has 1 atom stereocenters. The van der Waals surface area contributed by atoms with Crippen molar-refractivity contribution in [2.24, 2.45) is 14.1 Å². The summed E-state index contributed by atoms with van der Waals surface area (Å²) in [7, 11) is 4.91. The van der Waals surface area contributed by atoms with E-state index in [-0.39, 0.29) is 17.3 Å². The van der Waals surface area contributed by atoms with Crippen molar-refractivity contribution in [3.05, 3.63) is 110 Å². The molecule has 3 heterocycles. The normalized spacial score (nSPS) is 14.3. The molecule has 0 saturated heterocycles. The van der Waals surface area contributed by atoms with Crippen LogP contribution in [-0.2, 0) is 14.1 Å². The molecule has 1 N–H and O–H groups in total. The van der Waals surface area contributed by atoms with Crippen LogP contribution in [0.15, 0.2) is 82.4 Å². The minimum atomic E-state index is -0.366. The highest BCUT2D eigenvalue weighted by Gasteiger charge is 2.35. The molecule has 0 bridgehead atoms. The summed E-state index contributed by atoms with van der Waals surface area (Å²) < 4.78 is 10.6. The molecule has 180 valence electrons. The lowest BCUT2D eigenvalue weighted by Crippen LogP contribution is -2.37. The molecule has 2 aromatic heterocycles. The number of anilines is 1. The van der Waals surface area contributed by atoms with Crippen LogP contribution in [-0.4, -0.2) is 20.8 Å². The summed E-state index contributed by atoms with van der Waals surface area (Å²) in [6.07, 6.45) is 0. The van der Waals surface area contributed by atoms with Crippen molar-refractivity contribution in [3.8, 4) is 22.7 Å². The van der Waals surface area contributed by atoms with Crippen LogP contribution in [0.3, 0.4) is 0 Å². The number of ether oxygens (including phenoxy) is 1. The number of hydrogen-bond acceptors (Lipinski definition) is 4. The first kappa shape index (κ1) is 22.0. The largest absolute Gasteiger partial charge is 0.496 e. The Bertz CT molecular complexity index is 1790. The van der Waals surface area contributed by atoms with E-state index in [1.165, 1.54) is 11.6 Å². The Labute approximate surface area is 207 Å². The Hall–Kier alpha value is -4.52. The first-order chi connectivity index (χ1) is 17.4. The van der Waals surface area contributed by atoms with Crippen molar-refractivity contribution >= 4 is 16.6 Å². The number of rotatable bonds is 3. The summed E-state index contributed by atoms with van der Waals surface area (Å²) in [5.41, 5.74) is 6.28. The minimum absolute atomic E-state index is 0.317. The molecule has 0 saturated carbocycles. The van der Waals surface area contributed by atoms with Gasteiger partial charge in [-0.1, -0.05) is 54.1 Å². The van der Waals surface area contributed by atoms with E-state index in [1.807, 2.05) is 73.7 Å². The number of para-hydroxylation sites is 3. The van der Waals surface area contributed by atoms with Crippen molar-refractivity contribution in [1.29, 1.82) is 0 Å². The zero-order valence-corrected chi connectivity index (χ0v) is 20.6. The Morgan fingerprint density at radius 1 is 0.889 bits per heavy atom. The highest BCUT2D eigenvalue weighted by Crippen LogP contribution is 2.46. The van der Waals surface area contributed by atoms with Crippen molar-refractivity contribution in [2.75, 3.05) is 12.4 Å². The maximum atomic E-state index is 13.8. The maximum Gasteiger partial charge on any atom is 0.331 e. The van der Waals surface area contributed by atoms with Crippen LogP contribution in [0.25, 0.3) is 27.8 Å². The van der Waals surface area contributed by atoms with Gasteiger partial charge in [-0.25, -0.2) is 4.79 Å². The van der Waals surface area contributed by atoms with Gasteiger partial charge in [-0.3, -0.25) is 13.9 Å². The average molecular weight is 479 g/mol. The Morgan fingerprint density at radius 3 is 2.42 bits per heavy atom. The van der Waals surface area contributed by atoms with Gasteiger partial charge in [0.25, 0.3) is 5.56 Å². The van der Waals surface area contributed by atoms with Crippen LogP contribution in [0.4, 0.5) is 5.69 Å². The molecule has 0 amide bonds. The molecule has 0 fully saturated rings. The summed E-state index contributed by atoms with van der Waals surface area (Å²) in [4.78, 5) is 26.9. The summed E-state index contributed by atoms with van der Waals surface area (Å²) >= 11 is 0. The third-order valence-corrected chi connectivity index (χ3v) is 7.07. The van der Waals surface area contributed by atoms with E-state index < -0.39 is 0 Å². The molecular formula is C29H26N4O3. The molecule has 0 radical (unpaired) electrons. The topological polar surface area (TPSA) is 70.2 Å². The second kappa shape index (κ2) is 8.02. The number of nitrogens with zero attached hydrogens (tertiary/aromatic N) is 3. The predicted molar refractivity (Wildman–Crippen MR) is 142 cm³/mol. The van der Waals surface area contributed by atoms with Gasteiger partial charge in [0.2, 0.25) is 0 Å². The highest BCUT2D eigenvalue weighted by molar-refractivity contribution is 5.99. The van der Waals surface area contributed by atoms with Gasteiger partial charge in [0.15, 0.2) is 0 Å². The number of fused-ring (bicyclic) bond motifs is 5. The smallest absolute Gasteiger partial charge is 0.331 e. The van der Waals surface area contributed by atoms with Crippen LogP contribution >= 0.6 is 0 Å². The zero-order valence-electron chi connectivity index (χ0n) is 20.6. The molecule has 0 spiro atoms. The number of methoxy groups -OCH3 is 1. The maximum absolute atomic E-state index is 13.8. The number of hydrogen-bond donors (Lipinski definition) is 1. The van der Waals surface area contributed by atoms with Crippen molar-refractivity contribution < 1.29 is 4.74 Å². The summed E-state index contributed by atoms with van der Waals surface area (Å²) in [5.74, 6) is 0.723. The fourth-order valence-corrected chi connectivity index (χ4v) is 5.42. The van der Waals surface area contributed by atoms with E-state index in [0.717, 1.165) is 45.2 Å². The van der Waals surface area contributed by atoms with Crippen molar-refractivity contribution in [3.63, 3.8) is 0 Å². The molecule has 0 aliphatic carbocycles. The molecule has 36 heavy (non-hydrogen) atoms. The summed E-state index contributed by atoms with van der Waals surface area (Å²) in [6.45, 7) is 2.03. The van der Waals surface area contributed by atoms with Gasteiger partial charge in [-0.15, -0.1) is 0 Å². The van der Waals surface area contributed by atoms with E-state index in [2.05, 4.69) is 16.0 Å². The van der Waals surface area contributed by atoms with Gasteiger partial charge in [-0.2, -0.15) is 0 Å². The van der Waals surface area contributed by atoms with Gasteiger partial charge in [0.1, 0.15) is 5.75 Å². The van der Waals surface area contributed by atoms with E-state index >= 15 is 0 Å². The van der Waals surface area contributed by atoms with Gasteiger partial charge >= 0.3 is 5.69 Å². The van der Waals surface area contributed by atoms with Crippen LogP contribution in [0.1, 0.15) is 22.9 Å². The Balaban J connectivity index is 1.88. The molecule has 0 unspecified atom stereocenters. The monoisotopic (exact) mass is 478 g/mol. The number of aryl methyl sites for hydroxylation is 2. The highest BCUT2D eigenvalue weighted by atomic mass is 16.5. The number of benzene rings is 3. The second-order valence-electron chi connectivity index (χ2n) is 9.20. The van der Waals surface area contributed by atoms with E-state index in [1.54, 1.807) is 18.7 Å². The van der Waals surface area contributed by atoms with Crippen molar-refractivity contribution in [2.45, 2.75) is 13.0 Å². The standard InChI is InChI=1S/C29H26N4O3/c1-17-10-9-11-18(16-17)25-23-26(31(2)29(35)32(3)28(23)34)27-24(19-12-5-8-15-22(19)36-4)30-20-13-6-7-14-21(20)33(25)27/h5-16,24,30H,1-4H3/t24-/m1/s1. The molecule has 1 aliphatic rings. The number of nitrogens with one attached hydrogen (secondary N) is 1. The van der Waals surface area contributed by atoms with Crippen LogP contribution in [0.5, 0.6) is 5.75 Å². The van der Waals surface area contributed by atoms with Crippen LogP contribution < -0.4 is 21.3 Å². The molecule has 5 aromatic rings. The fraction of sp³-hybridized carbons (Fsp3) is 0.172. The van der Waals surface area contributed by atoms with Crippen LogP contribution in [0, 0.1) is 6.92 Å². The summed E-state index contributed by atoms with van der Waals surface area (Å²) in [6, 6.07) is 23.6. The molecule has 7 nitrogen and oxygen atoms in total. The van der Waals surface area contributed by atoms with E-state index in [4.69, 9.17) is 4.74 Å². The molecule has 7 heteroatoms. The third-order valence-electron chi connectivity index (χ3n) is 7.07. The molecule has 1 aliphatic heterocycles.